The van der Waals surface area contributed by atoms with Crippen LogP contribution in [0.25, 0.3) is 10.2 Å². The molecule has 0 atom stereocenters. The fourth-order valence-electron chi connectivity index (χ4n) is 3.35. The van der Waals surface area contributed by atoms with Crippen molar-refractivity contribution < 1.29 is 9.18 Å². The molecule has 1 aliphatic rings. The quantitative estimate of drug-likeness (QED) is 0.530. The third-order valence-electron chi connectivity index (χ3n) is 4.67. The van der Waals surface area contributed by atoms with E-state index in [2.05, 4.69) is 4.98 Å². The Hall–Kier alpha value is -2.34. The minimum absolute atomic E-state index is 0.0853. The third kappa shape index (κ3) is 3.02. The minimum atomic E-state index is -0.391. The van der Waals surface area contributed by atoms with E-state index in [-0.39, 0.29) is 17.9 Å². The summed E-state index contributed by atoms with van der Waals surface area (Å²) >= 11 is 1.60. The van der Waals surface area contributed by atoms with Crippen LogP contribution in [0.4, 0.5) is 4.39 Å². The first kappa shape index (κ1) is 16.1. The Kier molecular flexibility index (Phi) is 4.21. The van der Waals surface area contributed by atoms with Gasteiger partial charge in [0.15, 0.2) is 5.78 Å². The molecule has 6 heteroatoms. The van der Waals surface area contributed by atoms with E-state index < -0.39 is 5.82 Å². The van der Waals surface area contributed by atoms with Crippen LogP contribution in [0.2, 0.25) is 0 Å². The molecular formula is C19H17FN2O2S. The van der Waals surface area contributed by atoms with Gasteiger partial charge in [-0.3, -0.25) is 14.2 Å². The summed E-state index contributed by atoms with van der Waals surface area (Å²) < 4.78 is 14.4. The van der Waals surface area contributed by atoms with Crippen molar-refractivity contribution >= 4 is 27.3 Å². The molecule has 0 unspecified atom stereocenters. The van der Waals surface area contributed by atoms with Gasteiger partial charge in [0.2, 0.25) is 0 Å². The highest BCUT2D eigenvalue weighted by Gasteiger charge is 2.19. The number of aryl methyl sites for hydroxylation is 2. The Bertz CT molecular complexity index is 1000. The molecule has 4 nitrogen and oxygen atoms in total. The molecule has 0 fully saturated rings. The van der Waals surface area contributed by atoms with Crippen LogP contribution < -0.4 is 5.56 Å². The highest BCUT2D eigenvalue weighted by Crippen LogP contribution is 2.32. The van der Waals surface area contributed by atoms with Crippen molar-refractivity contribution in [3.63, 3.8) is 0 Å². The van der Waals surface area contributed by atoms with Crippen LogP contribution in [0.1, 0.15) is 40.1 Å². The lowest BCUT2D eigenvalue weighted by Gasteiger charge is -2.06. The van der Waals surface area contributed by atoms with Crippen LogP contribution >= 0.6 is 11.3 Å². The maximum absolute atomic E-state index is 13.0. The van der Waals surface area contributed by atoms with Gasteiger partial charge in [0.25, 0.3) is 5.56 Å². The number of rotatable bonds is 3. The number of halogens is 1. The van der Waals surface area contributed by atoms with E-state index in [9.17, 15) is 14.0 Å². The summed E-state index contributed by atoms with van der Waals surface area (Å²) in [5, 5.41) is 0.677. The molecule has 0 amide bonds. The van der Waals surface area contributed by atoms with Crippen LogP contribution in [0.5, 0.6) is 0 Å². The highest BCUT2D eigenvalue weighted by atomic mass is 32.1. The van der Waals surface area contributed by atoms with Crippen molar-refractivity contribution in [2.24, 2.45) is 0 Å². The van der Waals surface area contributed by atoms with E-state index in [1.165, 1.54) is 46.5 Å². The minimum Gasteiger partial charge on any atom is -0.292 e. The zero-order valence-corrected chi connectivity index (χ0v) is 14.4. The number of ketones is 1. The summed E-state index contributed by atoms with van der Waals surface area (Å²) in [7, 11) is 0. The topological polar surface area (TPSA) is 52.0 Å². The van der Waals surface area contributed by atoms with E-state index in [4.69, 9.17) is 0 Å². The first-order valence-corrected chi connectivity index (χ1v) is 9.23. The summed E-state index contributed by atoms with van der Waals surface area (Å²) in [5.41, 5.74) is 1.36. The fraction of sp³-hybridized carbons (Fsp3) is 0.316. The van der Waals surface area contributed by atoms with Gasteiger partial charge in [-0.15, -0.1) is 11.3 Å². The predicted molar refractivity (Wildman–Crippen MR) is 95.9 cm³/mol. The first-order valence-electron chi connectivity index (χ1n) is 8.42. The summed E-state index contributed by atoms with van der Waals surface area (Å²) in [6, 6.07) is 5.36. The molecule has 0 spiro atoms. The second-order valence-electron chi connectivity index (χ2n) is 6.35. The summed E-state index contributed by atoms with van der Waals surface area (Å²) in [5.74, 6) is -0.623. The molecule has 0 bridgehead atoms. The molecule has 0 saturated heterocycles. The van der Waals surface area contributed by atoms with Crippen molar-refractivity contribution in [1.29, 1.82) is 0 Å². The number of hydrogen-bond acceptors (Lipinski definition) is 4. The van der Waals surface area contributed by atoms with E-state index in [1.54, 1.807) is 11.3 Å². The smallest absolute Gasteiger partial charge is 0.262 e. The van der Waals surface area contributed by atoms with Gasteiger partial charge < -0.3 is 0 Å². The number of nitrogens with zero attached hydrogens (tertiary/aromatic N) is 2. The fourth-order valence-corrected chi connectivity index (χ4v) is 4.57. The maximum atomic E-state index is 13.0. The number of carbonyl (C=O) groups is 1. The highest BCUT2D eigenvalue weighted by molar-refractivity contribution is 7.18. The van der Waals surface area contributed by atoms with Gasteiger partial charge in [-0.1, -0.05) is 6.42 Å². The molecule has 3 aromatic rings. The third-order valence-corrected chi connectivity index (χ3v) is 5.87. The molecule has 2 heterocycles. The lowest BCUT2D eigenvalue weighted by molar-refractivity contribution is 0.0970. The number of fused-ring (bicyclic) bond motifs is 3. The Labute approximate surface area is 147 Å². The molecule has 128 valence electrons. The zero-order valence-electron chi connectivity index (χ0n) is 13.6. The van der Waals surface area contributed by atoms with Gasteiger partial charge in [-0.25, -0.2) is 9.37 Å². The largest absolute Gasteiger partial charge is 0.292 e. The van der Waals surface area contributed by atoms with Crippen molar-refractivity contribution in [2.75, 3.05) is 0 Å². The van der Waals surface area contributed by atoms with Crippen LogP contribution in [-0.4, -0.2) is 15.3 Å². The Morgan fingerprint density at radius 3 is 2.72 bits per heavy atom. The summed E-state index contributed by atoms with van der Waals surface area (Å²) in [4.78, 5) is 31.7. The summed E-state index contributed by atoms with van der Waals surface area (Å²) in [6.07, 6.45) is 6.77. The number of aromatic nitrogens is 2. The van der Waals surface area contributed by atoms with Gasteiger partial charge in [-0.2, -0.15) is 0 Å². The Balaban J connectivity index is 1.72. The molecule has 0 N–H and O–H groups in total. The molecule has 0 aliphatic heterocycles. The van der Waals surface area contributed by atoms with E-state index in [0.29, 0.717) is 10.9 Å². The second-order valence-corrected chi connectivity index (χ2v) is 7.44. The van der Waals surface area contributed by atoms with E-state index in [1.807, 2.05) is 0 Å². The molecule has 1 aliphatic carbocycles. The molecule has 2 aromatic heterocycles. The van der Waals surface area contributed by atoms with Crippen LogP contribution in [0.15, 0.2) is 35.4 Å². The molecule has 0 radical (unpaired) electrons. The van der Waals surface area contributed by atoms with Gasteiger partial charge in [0.1, 0.15) is 10.6 Å². The van der Waals surface area contributed by atoms with Crippen LogP contribution in [0.3, 0.4) is 0 Å². The van der Waals surface area contributed by atoms with Gasteiger partial charge >= 0.3 is 0 Å². The molecule has 0 saturated carbocycles. The SMILES string of the molecule is O=C(Cn1cnc2sc3c(c2c1=O)CCCCC3)c1ccc(F)cc1. The van der Waals surface area contributed by atoms with E-state index >= 15 is 0 Å². The average Bonchev–Trinajstić information content (AvgIpc) is 2.80. The molecular weight excluding hydrogens is 339 g/mol. The Morgan fingerprint density at radius 2 is 1.92 bits per heavy atom. The number of Topliss-reactive ketones (excluding diaryl/α,β-unsaturated/α-hetero) is 1. The van der Waals surface area contributed by atoms with E-state index in [0.717, 1.165) is 36.1 Å². The van der Waals surface area contributed by atoms with Crippen LogP contribution in [0, 0.1) is 5.82 Å². The van der Waals surface area contributed by atoms with Gasteiger partial charge in [0, 0.05) is 10.4 Å². The Morgan fingerprint density at radius 1 is 1.16 bits per heavy atom. The van der Waals surface area contributed by atoms with Crippen molar-refractivity contribution in [3.05, 3.63) is 62.8 Å². The molecule has 4 rings (SSSR count). The van der Waals surface area contributed by atoms with Crippen molar-refractivity contribution in [1.82, 2.24) is 9.55 Å². The monoisotopic (exact) mass is 356 g/mol. The van der Waals surface area contributed by atoms with Crippen LogP contribution in [-0.2, 0) is 19.4 Å². The molecule has 1 aromatic carbocycles. The normalized spacial score (nSPS) is 14.3. The van der Waals surface area contributed by atoms with Gasteiger partial charge in [-0.05, 0) is 55.5 Å². The lowest BCUT2D eigenvalue weighted by atomic mass is 10.1. The predicted octanol–water partition coefficient (Wildman–Crippen LogP) is 3.75. The molecule has 25 heavy (non-hydrogen) atoms. The first-order chi connectivity index (χ1) is 12.1. The summed E-state index contributed by atoms with van der Waals surface area (Å²) in [6.45, 7) is -0.0853. The average molecular weight is 356 g/mol. The number of hydrogen-bond donors (Lipinski definition) is 0. The lowest BCUT2D eigenvalue weighted by Crippen LogP contribution is -2.24. The van der Waals surface area contributed by atoms with Crippen molar-refractivity contribution in [3.8, 4) is 0 Å². The zero-order chi connectivity index (χ0) is 17.4. The number of thiophene rings is 1. The van der Waals surface area contributed by atoms with Crippen molar-refractivity contribution in [2.45, 2.75) is 38.6 Å². The number of carbonyl (C=O) groups excluding carboxylic acids is 1. The number of benzene rings is 1. The standard InChI is InChI=1S/C19H17FN2O2S/c20-13-8-6-12(7-9-13)15(23)10-22-11-21-18-17(19(22)24)14-4-2-1-3-5-16(14)25-18/h6-9,11H,1-5,10H2. The maximum Gasteiger partial charge on any atom is 0.262 e. The second kappa shape index (κ2) is 6.52. The van der Waals surface area contributed by atoms with Gasteiger partial charge in [0.05, 0.1) is 18.3 Å².